The van der Waals surface area contributed by atoms with E-state index in [-0.39, 0.29) is 0 Å². The first kappa shape index (κ1) is 13.1. The van der Waals surface area contributed by atoms with Crippen LogP contribution in [0, 0.1) is 12.8 Å². The molecular formula is C17H25NO. The highest BCUT2D eigenvalue weighted by Crippen LogP contribution is 2.36. The lowest BCUT2D eigenvalue weighted by molar-refractivity contribution is 0.120. The van der Waals surface area contributed by atoms with Crippen LogP contribution in [-0.2, 0) is 4.74 Å². The molecule has 2 fully saturated rings. The van der Waals surface area contributed by atoms with Gasteiger partial charge in [0.05, 0.1) is 6.61 Å². The normalized spacial score (nSPS) is 26.2. The van der Waals surface area contributed by atoms with Crippen LogP contribution in [0.5, 0.6) is 0 Å². The van der Waals surface area contributed by atoms with Crippen LogP contribution in [0.15, 0.2) is 24.3 Å². The van der Waals surface area contributed by atoms with E-state index in [1.54, 1.807) is 0 Å². The van der Waals surface area contributed by atoms with E-state index in [0.29, 0.717) is 6.04 Å². The second-order valence-electron chi connectivity index (χ2n) is 6.25. The highest BCUT2D eigenvalue weighted by atomic mass is 16.5. The van der Waals surface area contributed by atoms with E-state index in [0.717, 1.165) is 31.6 Å². The van der Waals surface area contributed by atoms with Crippen LogP contribution in [0.1, 0.15) is 42.7 Å². The number of hydrogen-bond acceptors (Lipinski definition) is 2. The third kappa shape index (κ3) is 3.80. The van der Waals surface area contributed by atoms with Crippen LogP contribution in [-0.4, -0.2) is 25.8 Å². The predicted molar refractivity (Wildman–Crippen MR) is 78.5 cm³/mol. The molecule has 1 aromatic rings. The molecule has 0 atom stereocenters. The fourth-order valence-electron chi connectivity index (χ4n) is 2.85. The fraction of sp³-hybridized carbons (Fsp3) is 0.647. The van der Waals surface area contributed by atoms with Crippen molar-refractivity contribution < 1.29 is 4.74 Å². The van der Waals surface area contributed by atoms with E-state index < -0.39 is 0 Å². The Kier molecular flexibility index (Phi) is 4.19. The van der Waals surface area contributed by atoms with Gasteiger partial charge in [0.15, 0.2) is 0 Å². The minimum Gasteiger partial charge on any atom is -0.380 e. The molecule has 2 aliphatic carbocycles. The molecule has 19 heavy (non-hydrogen) atoms. The molecule has 0 aromatic heterocycles. The maximum Gasteiger partial charge on any atom is 0.0591 e. The van der Waals surface area contributed by atoms with Crippen LogP contribution in [0.4, 0.5) is 0 Å². The smallest absolute Gasteiger partial charge is 0.0591 e. The summed E-state index contributed by atoms with van der Waals surface area (Å²) in [5.74, 6) is 1.65. The van der Waals surface area contributed by atoms with Crippen molar-refractivity contribution in [1.29, 1.82) is 0 Å². The van der Waals surface area contributed by atoms with Crippen LogP contribution in [0.25, 0.3) is 0 Å². The van der Waals surface area contributed by atoms with Crippen molar-refractivity contribution in [2.24, 2.45) is 5.92 Å². The van der Waals surface area contributed by atoms with Gasteiger partial charge in [0.2, 0.25) is 0 Å². The molecule has 0 radical (unpaired) electrons. The lowest BCUT2D eigenvalue weighted by Gasteiger charge is -2.36. The number of ether oxygens (including phenoxy) is 1. The summed E-state index contributed by atoms with van der Waals surface area (Å²) in [6, 6.07) is 9.66. The van der Waals surface area contributed by atoms with Crippen LogP contribution in [0.3, 0.4) is 0 Å². The molecule has 2 aliphatic rings. The second kappa shape index (κ2) is 6.06. The lowest BCUT2D eigenvalue weighted by Crippen LogP contribution is -2.41. The van der Waals surface area contributed by atoms with Crippen LogP contribution >= 0.6 is 0 Å². The Labute approximate surface area is 116 Å². The Morgan fingerprint density at radius 2 is 2.11 bits per heavy atom. The Morgan fingerprint density at radius 3 is 2.84 bits per heavy atom. The molecule has 0 saturated heterocycles. The number of nitrogens with one attached hydrogen (secondary N) is 1. The predicted octanol–water partition coefficient (Wildman–Crippen LogP) is 3.26. The van der Waals surface area contributed by atoms with Crippen molar-refractivity contribution in [1.82, 2.24) is 5.32 Å². The molecule has 0 unspecified atom stereocenters. The average Bonchev–Trinajstić information content (AvgIpc) is 3.15. The van der Waals surface area contributed by atoms with Gasteiger partial charge in [0.25, 0.3) is 0 Å². The Balaban J connectivity index is 1.29. The van der Waals surface area contributed by atoms with E-state index >= 15 is 0 Å². The minimum absolute atomic E-state index is 0.704. The fourth-order valence-corrected chi connectivity index (χ4v) is 2.85. The van der Waals surface area contributed by atoms with Crippen molar-refractivity contribution in [3.8, 4) is 0 Å². The molecule has 0 heterocycles. The molecule has 0 bridgehead atoms. The van der Waals surface area contributed by atoms with Crippen molar-refractivity contribution in [2.45, 2.75) is 44.6 Å². The van der Waals surface area contributed by atoms with Gasteiger partial charge in [-0.2, -0.15) is 0 Å². The molecule has 0 aliphatic heterocycles. The zero-order chi connectivity index (χ0) is 13.1. The summed E-state index contributed by atoms with van der Waals surface area (Å²) in [7, 11) is 0. The number of aryl methyl sites for hydroxylation is 1. The zero-order valence-corrected chi connectivity index (χ0v) is 11.9. The lowest BCUT2D eigenvalue weighted by atomic mass is 9.75. The summed E-state index contributed by atoms with van der Waals surface area (Å²) in [4.78, 5) is 0. The highest BCUT2D eigenvalue weighted by molar-refractivity contribution is 5.27. The molecule has 0 amide bonds. The monoisotopic (exact) mass is 259 g/mol. The Hall–Kier alpha value is -0.860. The van der Waals surface area contributed by atoms with Crippen molar-refractivity contribution in [3.05, 3.63) is 35.4 Å². The van der Waals surface area contributed by atoms with Crippen molar-refractivity contribution in [3.63, 3.8) is 0 Å². The minimum atomic E-state index is 0.704. The van der Waals surface area contributed by atoms with Gasteiger partial charge in [-0.05, 0) is 50.0 Å². The summed E-state index contributed by atoms with van der Waals surface area (Å²) >= 11 is 0. The SMILES string of the molecule is Cc1cccc(C2CC(NCCOCC3CC3)C2)c1. The Morgan fingerprint density at radius 1 is 1.26 bits per heavy atom. The van der Waals surface area contributed by atoms with Gasteiger partial charge in [0, 0.05) is 19.2 Å². The molecule has 3 rings (SSSR count). The molecular weight excluding hydrogens is 234 g/mol. The topological polar surface area (TPSA) is 21.3 Å². The first-order chi connectivity index (χ1) is 9.31. The van der Waals surface area contributed by atoms with Gasteiger partial charge in [-0.3, -0.25) is 0 Å². The van der Waals surface area contributed by atoms with Crippen LogP contribution in [0.2, 0.25) is 0 Å². The maximum atomic E-state index is 5.64. The summed E-state index contributed by atoms with van der Waals surface area (Å²) < 4.78 is 5.64. The average molecular weight is 259 g/mol. The van der Waals surface area contributed by atoms with Crippen LogP contribution < -0.4 is 5.32 Å². The summed E-state index contributed by atoms with van der Waals surface area (Å²) in [6.07, 6.45) is 5.33. The third-order valence-electron chi connectivity index (χ3n) is 4.38. The molecule has 104 valence electrons. The number of benzene rings is 1. The van der Waals surface area contributed by atoms with Gasteiger partial charge in [0.1, 0.15) is 0 Å². The summed E-state index contributed by atoms with van der Waals surface area (Å²) in [5, 5.41) is 3.60. The number of rotatable bonds is 7. The largest absolute Gasteiger partial charge is 0.380 e. The maximum absolute atomic E-state index is 5.64. The van der Waals surface area contributed by atoms with E-state index in [2.05, 4.69) is 36.5 Å². The summed E-state index contributed by atoms with van der Waals surface area (Å²) in [6.45, 7) is 5.05. The standard InChI is InChI=1S/C17H25NO/c1-13-3-2-4-15(9-13)16-10-17(11-16)18-7-8-19-12-14-5-6-14/h2-4,9,14,16-18H,5-8,10-12H2,1H3. The number of hydrogen-bond donors (Lipinski definition) is 1. The molecule has 0 spiro atoms. The molecule has 1 aromatic carbocycles. The van der Waals surface area contributed by atoms with Gasteiger partial charge >= 0.3 is 0 Å². The van der Waals surface area contributed by atoms with E-state index in [1.165, 1.54) is 36.8 Å². The quantitative estimate of drug-likeness (QED) is 0.759. The van der Waals surface area contributed by atoms with Crippen molar-refractivity contribution >= 4 is 0 Å². The first-order valence-corrected chi connectivity index (χ1v) is 7.69. The summed E-state index contributed by atoms with van der Waals surface area (Å²) in [5.41, 5.74) is 2.89. The third-order valence-corrected chi connectivity index (χ3v) is 4.38. The van der Waals surface area contributed by atoms with E-state index in [1.807, 2.05) is 0 Å². The van der Waals surface area contributed by atoms with E-state index in [9.17, 15) is 0 Å². The molecule has 2 nitrogen and oxygen atoms in total. The van der Waals surface area contributed by atoms with Gasteiger partial charge < -0.3 is 10.1 Å². The Bertz CT molecular complexity index is 407. The van der Waals surface area contributed by atoms with Gasteiger partial charge in [-0.15, -0.1) is 0 Å². The molecule has 1 N–H and O–H groups in total. The van der Waals surface area contributed by atoms with Gasteiger partial charge in [-0.25, -0.2) is 0 Å². The first-order valence-electron chi connectivity index (χ1n) is 7.69. The molecule has 2 saturated carbocycles. The van der Waals surface area contributed by atoms with Gasteiger partial charge in [-0.1, -0.05) is 29.8 Å². The highest BCUT2D eigenvalue weighted by Gasteiger charge is 2.29. The van der Waals surface area contributed by atoms with E-state index in [4.69, 9.17) is 4.74 Å². The second-order valence-corrected chi connectivity index (χ2v) is 6.25. The zero-order valence-electron chi connectivity index (χ0n) is 11.9. The van der Waals surface area contributed by atoms with Crippen molar-refractivity contribution in [2.75, 3.05) is 19.8 Å². The molecule has 2 heteroatoms.